The van der Waals surface area contributed by atoms with E-state index in [9.17, 15) is 14.3 Å². The number of nitrogens with zero attached hydrogens (tertiary/aromatic N) is 1. The Morgan fingerprint density at radius 1 is 1.21 bits per heavy atom. The smallest absolute Gasteiger partial charge is 0.341 e. The minimum absolute atomic E-state index is 0.0487. The van der Waals surface area contributed by atoms with E-state index < -0.39 is 5.97 Å². The zero-order valence-corrected chi connectivity index (χ0v) is 19.2. The van der Waals surface area contributed by atoms with Gasteiger partial charge in [0.1, 0.15) is 29.5 Å². The van der Waals surface area contributed by atoms with E-state index in [-0.39, 0.29) is 18.0 Å². The van der Waals surface area contributed by atoms with Crippen molar-refractivity contribution in [1.82, 2.24) is 4.90 Å². The highest BCUT2D eigenvalue weighted by Crippen LogP contribution is 2.44. The first-order valence-electron chi connectivity index (χ1n) is 10.7. The van der Waals surface area contributed by atoms with Crippen LogP contribution < -0.4 is 9.46 Å². The molecule has 0 unspecified atom stereocenters. The summed E-state index contributed by atoms with van der Waals surface area (Å²) in [6.07, 6.45) is 5.46. The molecule has 0 bridgehead atoms. The normalized spacial score (nSPS) is 12.5. The third-order valence-corrected chi connectivity index (χ3v) is 6.47. The van der Waals surface area contributed by atoms with Gasteiger partial charge in [0.05, 0.1) is 12.0 Å². The van der Waals surface area contributed by atoms with Gasteiger partial charge in [0.2, 0.25) is 0 Å². The molecule has 0 atom stereocenters. The fourth-order valence-corrected chi connectivity index (χ4v) is 4.51. The number of hydrogen-bond acceptors (Lipinski definition) is 6. The van der Waals surface area contributed by atoms with Crippen LogP contribution in [0.5, 0.6) is 5.75 Å². The molecule has 0 fully saturated rings. The van der Waals surface area contributed by atoms with Gasteiger partial charge in [-0.05, 0) is 67.0 Å². The highest BCUT2D eigenvalue weighted by Gasteiger charge is 2.27. The molecule has 1 aliphatic heterocycles. The molecular formula is C25H25FN2O4S. The molecule has 1 aromatic heterocycles. The fraction of sp³-hybridized carbons (Fsp3) is 0.240. The Kier molecular flexibility index (Phi) is 7.05. The first-order chi connectivity index (χ1) is 16.0. The summed E-state index contributed by atoms with van der Waals surface area (Å²) >= 11 is 1.23. The van der Waals surface area contributed by atoms with E-state index in [1.54, 1.807) is 24.5 Å². The van der Waals surface area contributed by atoms with Gasteiger partial charge in [0.25, 0.3) is 0 Å². The van der Waals surface area contributed by atoms with E-state index in [0.29, 0.717) is 28.3 Å². The number of carboxylic acids is 1. The number of carboxylic acid groups (broad SMARTS) is 1. The number of rotatable bonds is 9. The van der Waals surface area contributed by atoms with Crippen molar-refractivity contribution in [3.8, 4) is 16.9 Å². The van der Waals surface area contributed by atoms with Crippen LogP contribution in [0.2, 0.25) is 0 Å². The molecule has 1 aliphatic rings. The van der Waals surface area contributed by atoms with Crippen molar-refractivity contribution in [3.05, 3.63) is 71.4 Å². The Hall–Kier alpha value is -3.23. The van der Waals surface area contributed by atoms with Crippen LogP contribution >= 0.6 is 11.9 Å². The van der Waals surface area contributed by atoms with Gasteiger partial charge in [-0.15, -0.1) is 0 Å². The maximum atomic E-state index is 13.9. The van der Waals surface area contributed by atoms with Crippen molar-refractivity contribution >= 4 is 29.7 Å². The van der Waals surface area contributed by atoms with Crippen LogP contribution in [0.4, 0.5) is 10.1 Å². The third-order valence-electron chi connectivity index (χ3n) is 5.55. The van der Waals surface area contributed by atoms with Gasteiger partial charge in [-0.1, -0.05) is 26.0 Å². The van der Waals surface area contributed by atoms with Crippen molar-refractivity contribution in [1.29, 1.82) is 0 Å². The fourth-order valence-electron chi connectivity index (χ4n) is 3.74. The second-order valence-corrected chi connectivity index (χ2v) is 8.34. The van der Waals surface area contributed by atoms with Crippen molar-refractivity contribution in [2.45, 2.75) is 25.3 Å². The lowest BCUT2D eigenvalue weighted by Crippen LogP contribution is -2.22. The average molecular weight is 469 g/mol. The van der Waals surface area contributed by atoms with Crippen molar-refractivity contribution < 1.29 is 23.4 Å². The first kappa shape index (κ1) is 22.9. The van der Waals surface area contributed by atoms with E-state index in [0.717, 1.165) is 30.1 Å². The van der Waals surface area contributed by atoms with Gasteiger partial charge in [-0.3, -0.25) is 0 Å². The zero-order chi connectivity index (χ0) is 23.4. The monoisotopic (exact) mass is 468 g/mol. The molecule has 2 heterocycles. The topological polar surface area (TPSA) is 74.9 Å². The number of aromatic carboxylic acids is 1. The minimum Gasteiger partial charge on any atom is -0.484 e. The van der Waals surface area contributed by atoms with Crippen LogP contribution in [0.3, 0.4) is 0 Å². The summed E-state index contributed by atoms with van der Waals surface area (Å²) in [7, 11) is 0. The summed E-state index contributed by atoms with van der Waals surface area (Å²) in [4.78, 5) is 15.1. The summed E-state index contributed by atoms with van der Waals surface area (Å²) in [5.74, 6) is -0.451. The Labute approximate surface area is 196 Å². The Bertz CT molecular complexity index is 1190. The molecule has 2 N–H and O–H groups in total. The molecule has 0 saturated heterocycles. The molecule has 0 saturated carbocycles. The lowest BCUT2D eigenvalue weighted by molar-refractivity contribution is 0.0692. The highest BCUT2D eigenvalue weighted by atomic mass is 32.2. The number of likely N-dealkylation sites (N-methyl/N-ethyl adjacent to an activating group) is 1. The summed E-state index contributed by atoms with van der Waals surface area (Å²) in [5.41, 5.74) is 2.68. The maximum Gasteiger partial charge on any atom is 0.341 e. The average Bonchev–Trinajstić information content (AvgIpc) is 3.30. The summed E-state index contributed by atoms with van der Waals surface area (Å²) in [6.45, 7) is 7.01. The molecule has 2 aromatic carbocycles. The number of furan rings is 1. The Morgan fingerprint density at radius 2 is 2.03 bits per heavy atom. The number of carbonyl (C=O) groups is 1. The molecule has 0 radical (unpaired) electrons. The lowest BCUT2D eigenvalue weighted by atomic mass is 9.98. The summed E-state index contributed by atoms with van der Waals surface area (Å²) in [5, 5.41) is 9.91. The molecular weight excluding hydrogens is 443 g/mol. The van der Waals surface area contributed by atoms with Crippen molar-refractivity contribution in [3.63, 3.8) is 0 Å². The van der Waals surface area contributed by atoms with Crippen LogP contribution in [0.15, 0.2) is 58.1 Å². The van der Waals surface area contributed by atoms with E-state index in [2.05, 4.69) is 23.5 Å². The van der Waals surface area contributed by atoms with Gasteiger partial charge in [0.15, 0.2) is 0 Å². The van der Waals surface area contributed by atoms with E-state index >= 15 is 0 Å². The number of hydrogen-bond donors (Lipinski definition) is 2. The second kappa shape index (κ2) is 10.1. The van der Waals surface area contributed by atoms with Gasteiger partial charge >= 0.3 is 5.97 Å². The third kappa shape index (κ3) is 4.91. The Morgan fingerprint density at radius 3 is 2.79 bits per heavy atom. The molecule has 3 aromatic rings. The van der Waals surface area contributed by atoms with Gasteiger partial charge in [-0.25, -0.2) is 9.18 Å². The molecule has 4 rings (SSSR count). The molecule has 172 valence electrons. The summed E-state index contributed by atoms with van der Waals surface area (Å²) < 4.78 is 28.2. The zero-order valence-electron chi connectivity index (χ0n) is 18.4. The predicted molar refractivity (Wildman–Crippen MR) is 128 cm³/mol. The largest absolute Gasteiger partial charge is 0.484 e. The predicted octanol–water partition coefficient (Wildman–Crippen LogP) is 6.15. The maximum absolute atomic E-state index is 13.9. The molecule has 6 nitrogen and oxygen atoms in total. The van der Waals surface area contributed by atoms with Gasteiger partial charge in [-0.2, -0.15) is 0 Å². The number of benzene rings is 2. The van der Waals surface area contributed by atoms with Gasteiger partial charge < -0.3 is 23.9 Å². The Balaban J connectivity index is 1.59. The highest BCUT2D eigenvalue weighted by molar-refractivity contribution is 8.00. The summed E-state index contributed by atoms with van der Waals surface area (Å²) in [6, 6.07) is 9.86. The van der Waals surface area contributed by atoms with Crippen LogP contribution in [0.25, 0.3) is 17.2 Å². The number of fused-ring (bicyclic) bond motifs is 3. The van der Waals surface area contributed by atoms with Crippen LogP contribution in [0, 0.1) is 5.82 Å². The number of ether oxygens (including phenoxy) is 1. The van der Waals surface area contributed by atoms with Crippen LogP contribution in [-0.4, -0.2) is 35.6 Å². The van der Waals surface area contributed by atoms with E-state index in [1.807, 2.05) is 18.2 Å². The number of anilines is 1. The van der Waals surface area contributed by atoms with Crippen molar-refractivity contribution in [2.75, 3.05) is 24.4 Å². The lowest BCUT2D eigenvalue weighted by Gasteiger charge is -2.21. The molecule has 33 heavy (non-hydrogen) atoms. The molecule has 0 aliphatic carbocycles. The van der Waals surface area contributed by atoms with Gasteiger partial charge in [0, 0.05) is 22.6 Å². The quantitative estimate of drug-likeness (QED) is 0.365. The standard InChI is InChI=1S/C25H25FN2O4S/c1-3-28(4-2)12-5-6-16-14-17(26)7-10-22(16)33-27-20-9-8-19-18-11-13-31-21(18)15-32-24(19)23(20)25(29)30/h5-11,13-14,27H,3-4,12,15H2,1-2H3,(H,29,30)/b6-5-. The van der Waals surface area contributed by atoms with Crippen LogP contribution in [-0.2, 0) is 6.61 Å². The van der Waals surface area contributed by atoms with Crippen molar-refractivity contribution in [2.24, 2.45) is 0 Å². The van der Waals surface area contributed by atoms with E-state index in [4.69, 9.17) is 9.15 Å². The molecule has 8 heteroatoms. The van der Waals surface area contributed by atoms with E-state index in [1.165, 1.54) is 24.1 Å². The molecule has 0 amide bonds. The van der Waals surface area contributed by atoms with Crippen LogP contribution in [0.1, 0.15) is 35.5 Å². The number of nitrogens with one attached hydrogen (secondary N) is 1. The SMILES string of the molecule is CCN(CC)C/C=C\c1cc(F)ccc1SNc1ccc2c(c1C(=O)O)OCc1occc1-2. The minimum atomic E-state index is -1.10. The molecule has 0 spiro atoms. The second-order valence-electron chi connectivity index (χ2n) is 7.49. The first-order valence-corrected chi connectivity index (χ1v) is 11.5. The number of halogens is 1.